The van der Waals surface area contributed by atoms with Crippen molar-refractivity contribution in [2.45, 2.75) is 38.6 Å². The fraction of sp³-hybridized carbons (Fsp3) is 0.500. The average Bonchev–Trinajstić information content (AvgIpc) is 3.30. The minimum Gasteiger partial charge on any atom is -0.454 e. The molecule has 2 aliphatic heterocycles. The third kappa shape index (κ3) is 3.97. The molecule has 1 aromatic heterocycles. The van der Waals surface area contributed by atoms with Crippen molar-refractivity contribution in [3.05, 3.63) is 35.4 Å². The van der Waals surface area contributed by atoms with Gasteiger partial charge in [-0.15, -0.1) is 0 Å². The number of guanidine groups is 1. The van der Waals surface area contributed by atoms with Crippen molar-refractivity contribution in [3.63, 3.8) is 0 Å². The Morgan fingerprint density at radius 1 is 1.37 bits per heavy atom. The normalized spacial score (nSPS) is 18.3. The smallest absolute Gasteiger partial charge is 0.231 e. The summed E-state index contributed by atoms with van der Waals surface area (Å²) >= 11 is 0. The van der Waals surface area contributed by atoms with E-state index in [0.29, 0.717) is 13.2 Å². The predicted octanol–water partition coefficient (Wildman–Crippen LogP) is 0.833. The summed E-state index contributed by atoms with van der Waals surface area (Å²) in [4.78, 5) is 8.84. The van der Waals surface area contributed by atoms with Crippen molar-refractivity contribution in [1.82, 2.24) is 25.4 Å². The number of rotatable bonds is 5. The zero-order valence-electron chi connectivity index (χ0n) is 15.6. The number of nitrogens with one attached hydrogen (secondary N) is 2. The summed E-state index contributed by atoms with van der Waals surface area (Å²) in [6.07, 6.45) is 1.86. The number of benzene rings is 1. The molecular formula is C18H24N6O3. The molecule has 4 rings (SSSR count). The van der Waals surface area contributed by atoms with Crippen LogP contribution in [0.25, 0.3) is 0 Å². The van der Waals surface area contributed by atoms with E-state index < -0.39 is 0 Å². The van der Waals surface area contributed by atoms with E-state index >= 15 is 0 Å². The molecule has 27 heavy (non-hydrogen) atoms. The summed E-state index contributed by atoms with van der Waals surface area (Å²) in [5.41, 5.74) is 1.11. The maximum Gasteiger partial charge on any atom is 0.231 e. The molecule has 144 valence electrons. The highest BCUT2D eigenvalue weighted by Gasteiger charge is 2.22. The lowest BCUT2D eigenvalue weighted by Gasteiger charge is -2.25. The van der Waals surface area contributed by atoms with Gasteiger partial charge >= 0.3 is 0 Å². The van der Waals surface area contributed by atoms with Gasteiger partial charge in [0, 0.05) is 33.2 Å². The highest BCUT2D eigenvalue weighted by Crippen LogP contribution is 2.32. The molecule has 0 aliphatic carbocycles. The van der Waals surface area contributed by atoms with E-state index in [4.69, 9.17) is 14.2 Å². The van der Waals surface area contributed by atoms with Crippen molar-refractivity contribution in [3.8, 4) is 11.5 Å². The molecule has 1 aromatic carbocycles. The summed E-state index contributed by atoms with van der Waals surface area (Å²) in [7, 11) is 3.43. The zero-order valence-corrected chi connectivity index (χ0v) is 15.6. The van der Waals surface area contributed by atoms with Crippen molar-refractivity contribution in [1.29, 1.82) is 0 Å². The van der Waals surface area contributed by atoms with Gasteiger partial charge in [-0.05, 0) is 24.1 Å². The lowest BCUT2D eigenvalue weighted by atomic mass is 10.1. The first-order chi connectivity index (χ1) is 13.2. The summed E-state index contributed by atoms with van der Waals surface area (Å²) in [5, 5.41) is 11.3. The highest BCUT2D eigenvalue weighted by atomic mass is 16.7. The lowest BCUT2D eigenvalue weighted by Crippen LogP contribution is -2.46. The molecule has 1 unspecified atom stereocenters. The Labute approximate surface area is 157 Å². The van der Waals surface area contributed by atoms with Crippen LogP contribution < -0.4 is 20.1 Å². The van der Waals surface area contributed by atoms with E-state index in [0.717, 1.165) is 54.1 Å². The van der Waals surface area contributed by atoms with Crippen molar-refractivity contribution in [2.24, 2.45) is 4.99 Å². The van der Waals surface area contributed by atoms with Crippen LogP contribution in [0.2, 0.25) is 0 Å². The number of hydrogen-bond acceptors (Lipinski definition) is 6. The summed E-state index contributed by atoms with van der Waals surface area (Å²) < 4.78 is 17.8. The molecule has 2 aromatic rings. The van der Waals surface area contributed by atoms with Crippen molar-refractivity contribution in [2.75, 3.05) is 21.0 Å². The largest absolute Gasteiger partial charge is 0.454 e. The van der Waals surface area contributed by atoms with Crippen molar-refractivity contribution >= 4 is 5.96 Å². The number of hydrogen-bond donors (Lipinski definition) is 2. The third-order valence-electron chi connectivity index (χ3n) is 4.64. The molecule has 2 aliphatic rings. The topological polar surface area (TPSA) is 94.8 Å². The highest BCUT2D eigenvalue weighted by molar-refractivity contribution is 5.80. The first-order valence-corrected chi connectivity index (χ1v) is 9.02. The minimum atomic E-state index is 0.248. The van der Waals surface area contributed by atoms with Crippen LogP contribution >= 0.6 is 0 Å². The molecule has 9 nitrogen and oxygen atoms in total. The Morgan fingerprint density at radius 3 is 3.11 bits per heavy atom. The molecule has 0 saturated heterocycles. The number of aromatic nitrogens is 3. The van der Waals surface area contributed by atoms with E-state index in [2.05, 4.69) is 25.7 Å². The lowest BCUT2D eigenvalue weighted by molar-refractivity contribution is 0.174. The Balaban J connectivity index is 1.32. The summed E-state index contributed by atoms with van der Waals surface area (Å²) in [6, 6.07) is 6.19. The van der Waals surface area contributed by atoms with Gasteiger partial charge in [0.1, 0.15) is 12.4 Å². The monoisotopic (exact) mass is 372 g/mol. The van der Waals surface area contributed by atoms with Gasteiger partial charge in [-0.3, -0.25) is 4.99 Å². The second-order valence-corrected chi connectivity index (χ2v) is 6.55. The van der Waals surface area contributed by atoms with Crippen LogP contribution in [0.4, 0.5) is 0 Å². The van der Waals surface area contributed by atoms with E-state index in [-0.39, 0.29) is 12.8 Å². The van der Waals surface area contributed by atoms with Crippen LogP contribution in [0.15, 0.2) is 23.2 Å². The number of methoxy groups -OCH3 is 1. The van der Waals surface area contributed by atoms with Gasteiger partial charge in [0.15, 0.2) is 23.3 Å². The summed E-state index contributed by atoms with van der Waals surface area (Å²) in [6.45, 7) is 2.14. The van der Waals surface area contributed by atoms with Crippen LogP contribution in [-0.4, -0.2) is 47.7 Å². The van der Waals surface area contributed by atoms with E-state index in [1.54, 1.807) is 14.2 Å². The van der Waals surface area contributed by atoms with Crippen LogP contribution in [0.1, 0.15) is 23.6 Å². The van der Waals surface area contributed by atoms with Gasteiger partial charge in [-0.2, -0.15) is 5.10 Å². The Hall–Kier alpha value is -2.81. The number of aryl methyl sites for hydroxylation is 1. The quantitative estimate of drug-likeness (QED) is 0.593. The van der Waals surface area contributed by atoms with E-state index in [9.17, 15) is 0 Å². The molecule has 2 N–H and O–H groups in total. The molecule has 0 amide bonds. The van der Waals surface area contributed by atoms with Gasteiger partial charge in [0.2, 0.25) is 6.79 Å². The SMILES string of the molecule is CN=C(NCc1ccc2c(c1)OCO2)NC1CCc2nc(COC)nn2C1. The maximum absolute atomic E-state index is 5.43. The van der Waals surface area contributed by atoms with Gasteiger partial charge in [0.05, 0.1) is 6.54 Å². The second-order valence-electron chi connectivity index (χ2n) is 6.55. The van der Waals surface area contributed by atoms with E-state index in [1.807, 2.05) is 22.9 Å². The average molecular weight is 372 g/mol. The molecule has 0 fully saturated rings. The van der Waals surface area contributed by atoms with Crippen LogP contribution in [0.5, 0.6) is 11.5 Å². The molecule has 1 atom stereocenters. The minimum absolute atomic E-state index is 0.248. The van der Waals surface area contributed by atoms with E-state index in [1.165, 1.54) is 0 Å². The second kappa shape index (κ2) is 7.83. The molecule has 0 spiro atoms. The number of nitrogens with zero attached hydrogens (tertiary/aromatic N) is 4. The molecular weight excluding hydrogens is 348 g/mol. The van der Waals surface area contributed by atoms with Crippen LogP contribution in [-0.2, 0) is 30.9 Å². The first kappa shape index (κ1) is 17.6. The predicted molar refractivity (Wildman–Crippen MR) is 98.7 cm³/mol. The molecule has 0 saturated carbocycles. The van der Waals surface area contributed by atoms with Gasteiger partial charge in [-0.1, -0.05) is 6.07 Å². The Bertz CT molecular complexity index is 834. The molecule has 0 radical (unpaired) electrons. The van der Waals surface area contributed by atoms with Gasteiger partial charge < -0.3 is 24.8 Å². The molecule has 9 heteroatoms. The Morgan fingerprint density at radius 2 is 2.26 bits per heavy atom. The van der Waals surface area contributed by atoms with Crippen LogP contribution in [0, 0.1) is 0 Å². The number of fused-ring (bicyclic) bond motifs is 2. The first-order valence-electron chi connectivity index (χ1n) is 9.02. The van der Waals surface area contributed by atoms with Crippen LogP contribution in [0.3, 0.4) is 0 Å². The third-order valence-corrected chi connectivity index (χ3v) is 4.64. The fourth-order valence-electron chi connectivity index (χ4n) is 3.29. The van der Waals surface area contributed by atoms with Gasteiger partial charge in [0.25, 0.3) is 0 Å². The summed E-state index contributed by atoms with van der Waals surface area (Å²) in [5.74, 6) is 4.09. The fourth-order valence-corrected chi connectivity index (χ4v) is 3.29. The Kier molecular flexibility index (Phi) is 5.10. The van der Waals surface area contributed by atoms with Crippen molar-refractivity contribution < 1.29 is 14.2 Å². The molecule has 0 bridgehead atoms. The zero-order chi connectivity index (χ0) is 18.6. The number of ether oxygens (including phenoxy) is 3. The number of aliphatic imine (C=N–C) groups is 1. The van der Waals surface area contributed by atoms with Gasteiger partial charge in [-0.25, -0.2) is 9.67 Å². The standard InChI is InChI=1S/C18H24N6O3/c1-19-18(20-8-12-3-5-14-15(7-12)27-11-26-14)21-13-4-6-17-22-16(10-25-2)23-24(17)9-13/h3,5,7,13H,4,6,8-11H2,1-2H3,(H2,19,20,21). The molecule has 3 heterocycles. The maximum atomic E-state index is 5.43.